The lowest BCUT2D eigenvalue weighted by molar-refractivity contribution is -0.150. The highest BCUT2D eigenvalue weighted by Gasteiger charge is 2.49. The summed E-state index contributed by atoms with van der Waals surface area (Å²) in [6.07, 6.45) is 1.48. The highest BCUT2D eigenvalue weighted by atomic mass is 19.3. The number of aryl methyl sites for hydroxylation is 1. The van der Waals surface area contributed by atoms with Crippen molar-refractivity contribution in [3.8, 4) is 0 Å². The van der Waals surface area contributed by atoms with E-state index in [1.807, 2.05) is 0 Å². The predicted octanol–water partition coefficient (Wildman–Crippen LogP) is 1.53. The Kier molecular flexibility index (Phi) is 4.49. The molecule has 1 unspecified atom stereocenters. The summed E-state index contributed by atoms with van der Waals surface area (Å²) in [5.74, 6) is -2.57. The fourth-order valence-corrected chi connectivity index (χ4v) is 3.85. The summed E-state index contributed by atoms with van der Waals surface area (Å²) >= 11 is 0. The molecule has 1 aromatic rings. The molecule has 8 heteroatoms. The van der Waals surface area contributed by atoms with Crippen LogP contribution in [0, 0.1) is 5.92 Å². The minimum atomic E-state index is -2.67. The van der Waals surface area contributed by atoms with Crippen LogP contribution in [0.3, 0.4) is 0 Å². The fraction of sp³-hybridized carbons (Fsp3) is 0.765. The first-order valence-corrected chi connectivity index (χ1v) is 8.95. The van der Waals surface area contributed by atoms with Gasteiger partial charge in [-0.2, -0.15) is 0 Å². The number of nitrogens with zero attached hydrogens (tertiary/aromatic N) is 2. The molecule has 2 fully saturated rings. The van der Waals surface area contributed by atoms with Crippen molar-refractivity contribution >= 4 is 5.91 Å². The second-order valence-electron chi connectivity index (χ2n) is 7.33. The molecule has 2 heterocycles. The van der Waals surface area contributed by atoms with Crippen molar-refractivity contribution in [1.82, 2.24) is 15.4 Å². The molecule has 1 saturated heterocycles. The number of morpholine rings is 1. The van der Waals surface area contributed by atoms with Crippen LogP contribution >= 0.6 is 0 Å². The van der Waals surface area contributed by atoms with Crippen molar-refractivity contribution in [2.75, 3.05) is 26.3 Å². The maximum absolute atomic E-state index is 12.9. The van der Waals surface area contributed by atoms with E-state index in [2.05, 4.69) is 15.4 Å². The van der Waals surface area contributed by atoms with Crippen LogP contribution in [0.15, 0.2) is 4.52 Å². The molecule has 4 rings (SSSR count). The predicted molar refractivity (Wildman–Crippen MR) is 84.2 cm³/mol. The Bertz CT molecular complexity index is 635. The molecule has 1 amide bonds. The van der Waals surface area contributed by atoms with Crippen LogP contribution in [0.1, 0.15) is 36.3 Å². The number of hydrogen-bond acceptors (Lipinski definition) is 5. The molecule has 1 saturated carbocycles. The summed E-state index contributed by atoms with van der Waals surface area (Å²) in [5.41, 5.74) is 1.99. The summed E-state index contributed by atoms with van der Waals surface area (Å²) in [6.45, 7) is 3.92. The van der Waals surface area contributed by atoms with Gasteiger partial charge in [0.25, 0.3) is 0 Å². The van der Waals surface area contributed by atoms with E-state index >= 15 is 0 Å². The molecule has 1 N–H and O–H groups in total. The Balaban J connectivity index is 1.35. The number of halogens is 2. The molecule has 1 aliphatic heterocycles. The summed E-state index contributed by atoms with van der Waals surface area (Å²) in [6, 6.07) is -0.0305. The van der Waals surface area contributed by atoms with Crippen LogP contribution in [0.5, 0.6) is 0 Å². The number of aromatic nitrogens is 1. The smallest absolute Gasteiger partial charge is 0.249 e. The van der Waals surface area contributed by atoms with Gasteiger partial charge < -0.3 is 14.6 Å². The van der Waals surface area contributed by atoms with Crippen molar-refractivity contribution in [1.29, 1.82) is 0 Å². The van der Waals surface area contributed by atoms with Gasteiger partial charge in [-0.1, -0.05) is 5.16 Å². The maximum atomic E-state index is 12.9. The first kappa shape index (κ1) is 16.9. The third-order valence-corrected chi connectivity index (χ3v) is 5.41. The Morgan fingerprint density at radius 2 is 2.08 bits per heavy atom. The number of hydrogen-bond donors (Lipinski definition) is 1. The molecule has 0 bridgehead atoms. The second-order valence-corrected chi connectivity index (χ2v) is 7.33. The molecule has 25 heavy (non-hydrogen) atoms. The van der Waals surface area contributed by atoms with Crippen LogP contribution in [0.25, 0.3) is 0 Å². The van der Waals surface area contributed by atoms with Crippen molar-refractivity contribution in [2.45, 2.75) is 50.6 Å². The molecule has 1 atom stereocenters. The van der Waals surface area contributed by atoms with E-state index < -0.39 is 11.8 Å². The first-order valence-electron chi connectivity index (χ1n) is 8.95. The van der Waals surface area contributed by atoms with E-state index in [1.54, 1.807) is 0 Å². The third-order valence-electron chi connectivity index (χ3n) is 5.41. The van der Waals surface area contributed by atoms with Gasteiger partial charge in [-0.3, -0.25) is 9.69 Å². The van der Waals surface area contributed by atoms with Crippen molar-refractivity contribution in [3.63, 3.8) is 0 Å². The van der Waals surface area contributed by atoms with Gasteiger partial charge in [0.15, 0.2) is 0 Å². The number of carbonyl (C=O) groups excluding carboxylic acids is 1. The normalized spacial score (nSPS) is 26.7. The van der Waals surface area contributed by atoms with Gasteiger partial charge in [0.05, 0.1) is 13.2 Å². The molecular weight excluding hydrogens is 332 g/mol. The summed E-state index contributed by atoms with van der Waals surface area (Å²) in [7, 11) is 0. The van der Waals surface area contributed by atoms with Gasteiger partial charge >= 0.3 is 0 Å². The van der Waals surface area contributed by atoms with Gasteiger partial charge in [0.2, 0.25) is 11.8 Å². The number of carbonyl (C=O) groups is 1. The zero-order valence-electron chi connectivity index (χ0n) is 14.1. The minimum Gasteiger partial charge on any atom is -0.379 e. The second kappa shape index (κ2) is 6.64. The van der Waals surface area contributed by atoms with Gasteiger partial charge in [0, 0.05) is 56.4 Å². The lowest BCUT2D eigenvalue weighted by Crippen LogP contribution is -2.49. The molecule has 2 aliphatic carbocycles. The molecular formula is C17H23F2N3O3. The van der Waals surface area contributed by atoms with E-state index in [0.717, 1.165) is 62.7 Å². The average Bonchev–Trinajstić information content (AvgIpc) is 2.96. The molecule has 0 aromatic carbocycles. The zero-order valence-corrected chi connectivity index (χ0v) is 14.1. The SMILES string of the molecule is O=C(NC1CCc2onc(CN3CCOCC3)c2C1)C1CC(F)(F)C1. The van der Waals surface area contributed by atoms with E-state index in [0.29, 0.717) is 6.42 Å². The third kappa shape index (κ3) is 3.69. The number of fused-ring (bicyclic) bond motifs is 1. The van der Waals surface area contributed by atoms with Crippen molar-refractivity contribution < 1.29 is 22.8 Å². The minimum absolute atomic E-state index is 0.0305. The van der Waals surface area contributed by atoms with Crippen LogP contribution in [0.4, 0.5) is 8.78 Å². The van der Waals surface area contributed by atoms with E-state index in [4.69, 9.17) is 9.26 Å². The quantitative estimate of drug-likeness (QED) is 0.887. The molecule has 6 nitrogen and oxygen atoms in total. The Hall–Kier alpha value is -1.54. The van der Waals surface area contributed by atoms with E-state index in [-0.39, 0.29) is 24.8 Å². The van der Waals surface area contributed by atoms with Gasteiger partial charge in [0.1, 0.15) is 11.5 Å². The zero-order chi connectivity index (χ0) is 17.4. The lowest BCUT2D eigenvalue weighted by Gasteiger charge is -2.35. The standard InChI is InChI=1S/C17H23F2N3O3/c18-17(19)8-11(9-17)16(23)20-12-1-2-15-13(7-12)14(21-25-15)10-22-3-5-24-6-4-22/h11-12H,1-10H2,(H,20,23). The van der Waals surface area contributed by atoms with E-state index in [1.165, 1.54) is 0 Å². The monoisotopic (exact) mass is 355 g/mol. The lowest BCUT2D eigenvalue weighted by atomic mass is 9.80. The first-order chi connectivity index (χ1) is 12.0. The largest absolute Gasteiger partial charge is 0.379 e. The topological polar surface area (TPSA) is 67.6 Å². The Labute approximate surface area is 144 Å². The number of ether oxygens (including phenoxy) is 1. The van der Waals surface area contributed by atoms with Crippen molar-refractivity contribution in [2.24, 2.45) is 5.92 Å². The summed E-state index contributed by atoms with van der Waals surface area (Å²) in [4.78, 5) is 14.4. The molecule has 138 valence electrons. The average molecular weight is 355 g/mol. The van der Waals surface area contributed by atoms with Crippen LogP contribution in [-0.2, 0) is 28.9 Å². The summed E-state index contributed by atoms with van der Waals surface area (Å²) < 4.78 is 36.7. The molecule has 1 aromatic heterocycles. The van der Waals surface area contributed by atoms with Crippen LogP contribution < -0.4 is 5.32 Å². The fourth-order valence-electron chi connectivity index (χ4n) is 3.85. The number of alkyl halides is 2. The van der Waals surface area contributed by atoms with E-state index in [9.17, 15) is 13.6 Å². The van der Waals surface area contributed by atoms with Gasteiger partial charge in [-0.25, -0.2) is 8.78 Å². The molecule has 0 spiro atoms. The Morgan fingerprint density at radius 1 is 1.32 bits per heavy atom. The molecule has 3 aliphatic rings. The number of amides is 1. The van der Waals surface area contributed by atoms with Crippen molar-refractivity contribution in [3.05, 3.63) is 17.0 Å². The summed E-state index contributed by atoms with van der Waals surface area (Å²) in [5, 5.41) is 7.16. The highest BCUT2D eigenvalue weighted by molar-refractivity contribution is 5.80. The Morgan fingerprint density at radius 3 is 2.80 bits per heavy atom. The van der Waals surface area contributed by atoms with Crippen LogP contribution in [-0.4, -0.2) is 54.2 Å². The maximum Gasteiger partial charge on any atom is 0.249 e. The number of rotatable bonds is 4. The highest BCUT2D eigenvalue weighted by Crippen LogP contribution is 2.42. The van der Waals surface area contributed by atoms with Crippen LogP contribution in [0.2, 0.25) is 0 Å². The molecule has 0 radical (unpaired) electrons. The number of nitrogens with one attached hydrogen (secondary N) is 1. The van der Waals surface area contributed by atoms with Gasteiger partial charge in [-0.15, -0.1) is 0 Å². The van der Waals surface area contributed by atoms with Gasteiger partial charge in [-0.05, 0) is 12.8 Å².